The summed E-state index contributed by atoms with van der Waals surface area (Å²) in [5.74, 6) is -0.347. The maximum Gasteiger partial charge on any atom is 0.251 e. The molecule has 2 N–H and O–H groups in total. The zero-order valence-electron chi connectivity index (χ0n) is 12.7. The van der Waals surface area contributed by atoms with Crippen molar-refractivity contribution in [1.29, 1.82) is 0 Å². The average molecular weight is 338 g/mol. The number of hydrogen-bond acceptors (Lipinski definition) is 3. The van der Waals surface area contributed by atoms with Crippen molar-refractivity contribution in [3.63, 3.8) is 0 Å². The summed E-state index contributed by atoms with van der Waals surface area (Å²) in [5, 5.41) is 12.8. The van der Waals surface area contributed by atoms with E-state index in [1.165, 1.54) is 12.1 Å². The number of rotatable bonds is 5. The number of aliphatic hydroxyl groups is 1. The van der Waals surface area contributed by atoms with Crippen molar-refractivity contribution in [2.75, 3.05) is 7.11 Å². The molecule has 2 unspecified atom stereocenters. The lowest BCUT2D eigenvalue weighted by Gasteiger charge is -2.21. The van der Waals surface area contributed by atoms with E-state index in [-0.39, 0.29) is 10.6 Å². The van der Waals surface area contributed by atoms with Crippen molar-refractivity contribution in [3.05, 3.63) is 64.4 Å². The molecular weight excluding hydrogens is 321 g/mol. The zero-order valence-corrected chi connectivity index (χ0v) is 13.5. The van der Waals surface area contributed by atoms with Gasteiger partial charge in [0.25, 0.3) is 5.91 Å². The summed E-state index contributed by atoms with van der Waals surface area (Å²) in [6, 6.07) is 10.1. The van der Waals surface area contributed by atoms with Gasteiger partial charge in [-0.3, -0.25) is 4.79 Å². The van der Waals surface area contributed by atoms with E-state index in [0.717, 1.165) is 6.07 Å². The third-order valence-electron chi connectivity index (χ3n) is 3.47. The maximum atomic E-state index is 13.1. The second-order valence-corrected chi connectivity index (χ2v) is 5.52. The molecule has 0 aliphatic carbocycles. The second-order valence-electron chi connectivity index (χ2n) is 5.11. The van der Waals surface area contributed by atoms with Gasteiger partial charge in [0.1, 0.15) is 11.6 Å². The number of hydrogen-bond donors (Lipinski definition) is 2. The van der Waals surface area contributed by atoms with Gasteiger partial charge in [-0.25, -0.2) is 4.39 Å². The number of halogens is 2. The van der Waals surface area contributed by atoms with Crippen LogP contribution in [0.5, 0.6) is 5.75 Å². The third kappa shape index (κ3) is 4.21. The maximum absolute atomic E-state index is 13.1. The average Bonchev–Trinajstić information content (AvgIpc) is 2.56. The minimum absolute atomic E-state index is 0.124. The summed E-state index contributed by atoms with van der Waals surface area (Å²) in [4.78, 5) is 12.1. The van der Waals surface area contributed by atoms with Crippen molar-refractivity contribution < 1.29 is 19.0 Å². The molecule has 0 radical (unpaired) electrons. The summed E-state index contributed by atoms with van der Waals surface area (Å²) >= 11 is 5.67. The highest BCUT2D eigenvalue weighted by Gasteiger charge is 2.19. The van der Waals surface area contributed by atoms with Gasteiger partial charge in [-0.1, -0.05) is 23.7 Å². The van der Waals surface area contributed by atoms with E-state index >= 15 is 0 Å². The molecule has 4 nitrogen and oxygen atoms in total. The molecular formula is C17H17ClFNO3. The molecule has 23 heavy (non-hydrogen) atoms. The van der Waals surface area contributed by atoms with Gasteiger partial charge in [0, 0.05) is 5.56 Å². The summed E-state index contributed by atoms with van der Waals surface area (Å²) in [6.45, 7) is 1.68. The Morgan fingerprint density at radius 1 is 1.26 bits per heavy atom. The molecule has 0 saturated carbocycles. The number of carbonyl (C=O) groups is 1. The van der Waals surface area contributed by atoms with Crippen LogP contribution in [0.1, 0.15) is 28.9 Å². The highest BCUT2D eigenvalue weighted by molar-refractivity contribution is 6.31. The Labute approximate surface area is 138 Å². The third-order valence-corrected chi connectivity index (χ3v) is 3.76. The molecule has 2 rings (SSSR count). The molecule has 6 heteroatoms. The predicted octanol–water partition coefficient (Wildman–Crippen LogP) is 3.34. The first kappa shape index (κ1) is 17.2. The van der Waals surface area contributed by atoms with Crippen molar-refractivity contribution >= 4 is 17.5 Å². The molecule has 0 aromatic heterocycles. The molecule has 0 aliphatic heterocycles. The smallest absolute Gasteiger partial charge is 0.251 e. The van der Waals surface area contributed by atoms with Gasteiger partial charge >= 0.3 is 0 Å². The van der Waals surface area contributed by atoms with Crippen molar-refractivity contribution in [2.24, 2.45) is 0 Å². The van der Waals surface area contributed by atoms with E-state index in [4.69, 9.17) is 16.3 Å². The highest BCUT2D eigenvalue weighted by atomic mass is 35.5. The van der Waals surface area contributed by atoms with Gasteiger partial charge in [0.05, 0.1) is 24.3 Å². The van der Waals surface area contributed by atoms with E-state index in [1.807, 2.05) is 0 Å². The van der Waals surface area contributed by atoms with Gasteiger partial charge in [0.2, 0.25) is 0 Å². The number of nitrogens with one attached hydrogen (secondary N) is 1. The minimum Gasteiger partial charge on any atom is -0.497 e. The Kier molecular flexibility index (Phi) is 5.58. The van der Waals surface area contributed by atoms with Crippen LogP contribution in [0.4, 0.5) is 4.39 Å². The Morgan fingerprint density at radius 3 is 2.48 bits per heavy atom. The van der Waals surface area contributed by atoms with Crippen LogP contribution in [0.25, 0.3) is 0 Å². The molecule has 0 heterocycles. The first-order valence-corrected chi connectivity index (χ1v) is 7.38. The fraction of sp³-hybridized carbons (Fsp3) is 0.235. The molecule has 0 saturated heterocycles. The van der Waals surface area contributed by atoms with Crippen molar-refractivity contribution in [1.82, 2.24) is 5.32 Å². The van der Waals surface area contributed by atoms with Crippen LogP contribution in [0.3, 0.4) is 0 Å². The summed E-state index contributed by atoms with van der Waals surface area (Å²) in [7, 11) is 1.56. The van der Waals surface area contributed by atoms with Crippen LogP contribution < -0.4 is 10.1 Å². The van der Waals surface area contributed by atoms with Crippen LogP contribution in [0.2, 0.25) is 5.02 Å². The van der Waals surface area contributed by atoms with Crippen LogP contribution in [0, 0.1) is 5.82 Å². The molecule has 0 fully saturated rings. The molecule has 2 atom stereocenters. The molecule has 0 bridgehead atoms. The van der Waals surface area contributed by atoms with E-state index in [0.29, 0.717) is 11.3 Å². The van der Waals surface area contributed by atoms with E-state index in [1.54, 1.807) is 38.3 Å². The second kappa shape index (κ2) is 7.44. The number of amides is 1. The largest absolute Gasteiger partial charge is 0.497 e. The number of carbonyl (C=O) groups excluding carboxylic acids is 1. The van der Waals surface area contributed by atoms with Gasteiger partial charge in [-0.2, -0.15) is 0 Å². The summed E-state index contributed by atoms with van der Waals surface area (Å²) < 4.78 is 18.2. The quantitative estimate of drug-likeness (QED) is 0.879. The highest BCUT2D eigenvalue weighted by Crippen LogP contribution is 2.21. The van der Waals surface area contributed by atoms with Crippen LogP contribution >= 0.6 is 11.6 Å². The predicted molar refractivity (Wildman–Crippen MR) is 86.3 cm³/mol. The normalized spacial score (nSPS) is 13.3. The first-order chi connectivity index (χ1) is 10.9. The number of ether oxygens (including phenoxy) is 1. The van der Waals surface area contributed by atoms with Gasteiger partial charge in [-0.05, 0) is 42.8 Å². The number of benzene rings is 2. The minimum atomic E-state index is -0.888. The Morgan fingerprint density at radius 2 is 1.91 bits per heavy atom. The number of aliphatic hydroxyl groups excluding tert-OH is 1. The van der Waals surface area contributed by atoms with Crippen LogP contribution in [-0.2, 0) is 0 Å². The van der Waals surface area contributed by atoms with Gasteiger partial charge in [-0.15, -0.1) is 0 Å². The number of methoxy groups -OCH3 is 1. The molecule has 0 aliphatic rings. The Hall–Kier alpha value is -2.11. The van der Waals surface area contributed by atoms with Crippen LogP contribution in [-0.4, -0.2) is 24.2 Å². The van der Waals surface area contributed by atoms with E-state index in [2.05, 4.69) is 5.32 Å². The molecule has 2 aromatic carbocycles. The lowest BCUT2D eigenvalue weighted by molar-refractivity contribution is 0.0852. The monoisotopic (exact) mass is 337 g/mol. The first-order valence-electron chi connectivity index (χ1n) is 7.00. The zero-order chi connectivity index (χ0) is 17.0. The van der Waals surface area contributed by atoms with Gasteiger partial charge in [0.15, 0.2) is 0 Å². The summed E-state index contributed by atoms with van der Waals surface area (Å²) in [6.07, 6.45) is -0.888. The Bertz CT molecular complexity index is 691. The molecule has 2 aromatic rings. The van der Waals surface area contributed by atoms with E-state index in [9.17, 15) is 14.3 Å². The lowest BCUT2D eigenvalue weighted by atomic mass is 10.0. The van der Waals surface area contributed by atoms with Crippen LogP contribution in [0.15, 0.2) is 42.5 Å². The Balaban J connectivity index is 2.05. The fourth-order valence-electron chi connectivity index (χ4n) is 2.10. The fourth-order valence-corrected chi connectivity index (χ4v) is 2.28. The molecule has 1 amide bonds. The molecule has 0 spiro atoms. The lowest BCUT2D eigenvalue weighted by Crippen LogP contribution is -2.37. The SMILES string of the molecule is COc1ccc(C(O)C(C)NC(=O)c2ccc(F)c(Cl)c2)cc1. The van der Waals surface area contributed by atoms with Crippen molar-refractivity contribution in [2.45, 2.75) is 19.1 Å². The van der Waals surface area contributed by atoms with E-state index < -0.39 is 23.9 Å². The topological polar surface area (TPSA) is 58.6 Å². The molecule has 122 valence electrons. The van der Waals surface area contributed by atoms with Gasteiger partial charge < -0.3 is 15.2 Å². The van der Waals surface area contributed by atoms with Crippen molar-refractivity contribution in [3.8, 4) is 5.75 Å². The summed E-state index contributed by atoms with van der Waals surface area (Å²) in [5.41, 5.74) is 0.876. The standard InChI is InChI=1S/C17H17ClFNO3/c1-10(16(21)11-3-6-13(23-2)7-4-11)20-17(22)12-5-8-15(19)14(18)9-12/h3-10,16,21H,1-2H3,(H,20,22).